The number of carbonyl (C=O) groups is 2. The molecule has 0 unspecified atom stereocenters. The molecule has 3 heterocycles. The van der Waals surface area contributed by atoms with Crippen molar-refractivity contribution in [1.29, 1.82) is 0 Å². The molecule has 4 rings (SSSR count). The lowest BCUT2D eigenvalue weighted by Gasteiger charge is -2.18. The molecule has 0 bridgehead atoms. The predicted octanol–water partition coefficient (Wildman–Crippen LogP) is 3.01. The molecule has 0 spiro atoms. The smallest absolute Gasteiger partial charge is 0.302 e. The van der Waals surface area contributed by atoms with Gasteiger partial charge in [-0.15, -0.1) is 11.3 Å². The zero-order valence-corrected chi connectivity index (χ0v) is 14.2. The van der Waals surface area contributed by atoms with Crippen LogP contribution in [0.5, 0.6) is 11.5 Å². The van der Waals surface area contributed by atoms with Crippen molar-refractivity contribution in [3.8, 4) is 11.5 Å². The molecule has 0 aliphatic carbocycles. The summed E-state index contributed by atoms with van der Waals surface area (Å²) in [6.45, 7) is 0.957. The molecule has 1 aliphatic heterocycles. The first-order chi connectivity index (χ1) is 12.7. The van der Waals surface area contributed by atoms with Gasteiger partial charge in [0.2, 0.25) is 0 Å². The van der Waals surface area contributed by atoms with Crippen molar-refractivity contribution in [3.05, 3.63) is 52.5 Å². The van der Waals surface area contributed by atoms with E-state index in [2.05, 4.69) is 15.6 Å². The Balaban J connectivity index is 1.42. The summed E-state index contributed by atoms with van der Waals surface area (Å²) in [4.78, 5) is 28.7. The number of nitrogens with one attached hydrogen (secondary N) is 2. The van der Waals surface area contributed by atoms with Crippen molar-refractivity contribution in [2.45, 2.75) is 0 Å². The maximum atomic E-state index is 12.3. The Bertz CT molecular complexity index is 951. The van der Waals surface area contributed by atoms with Gasteiger partial charge >= 0.3 is 6.01 Å². The van der Waals surface area contributed by atoms with E-state index in [-0.39, 0.29) is 17.6 Å². The molecular weight excluding hydrogens is 358 g/mol. The van der Waals surface area contributed by atoms with Crippen LogP contribution in [0, 0.1) is 0 Å². The van der Waals surface area contributed by atoms with Crippen molar-refractivity contribution in [1.82, 2.24) is 4.98 Å². The summed E-state index contributed by atoms with van der Waals surface area (Å²) >= 11 is 1.29. The van der Waals surface area contributed by atoms with Crippen LogP contribution in [0.4, 0.5) is 11.7 Å². The molecule has 0 fully saturated rings. The molecule has 2 aromatic heterocycles. The molecule has 1 aliphatic rings. The van der Waals surface area contributed by atoms with Gasteiger partial charge in [0.1, 0.15) is 19.5 Å². The maximum Gasteiger partial charge on any atom is 0.302 e. The average molecular weight is 371 g/mol. The monoisotopic (exact) mass is 371 g/mol. The van der Waals surface area contributed by atoms with E-state index in [0.29, 0.717) is 35.3 Å². The zero-order valence-electron chi connectivity index (χ0n) is 13.4. The fourth-order valence-corrected chi connectivity index (χ4v) is 2.94. The molecule has 132 valence electrons. The molecule has 26 heavy (non-hydrogen) atoms. The van der Waals surface area contributed by atoms with Crippen LogP contribution in [0.2, 0.25) is 0 Å². The van der Waals surface area contributed by atoms with Crippen LogP contribution in [0.1, 0.15) is 20.2 Å². The summed E-state index contributed by atoms with van der Waals surface area (Å²) in [5.41, 5.74) is 0.577. The molecule has 2 amide bonds. The zero-order chi connectivity index (χ0) is 17.9. The Morgan fingerprint density at radius 1 is 1.04 bits per heavy atom. The number of hydrogen-bond donors (Lipinski definition) is 2. The molecule has 0 atom stereocenters. The largest absolute Gasteiger partial charge is 0.486 e. The van der Waals surface area contributed by atoms with Gasteiger partial charge < -0.3 is 19.2 Å². The molecule has 0 saturated heterocycles. The third-order valence-electron chi connectivity index (χ3n) is 3.50. The maximum absolute atomic E-state index is 12.3. The number of hydrogen-bond acceptors (Lipinski definition) is 7. The van der Waals surface area contributed by atoms with Crippen molar-refractivity contribution in [2.75, 3.05) is 23.8 Å². The fraction of sp³-hybridized carbons (Fsp3) is 0.118. The number of oxazole rings is 1. The van der Waals surface area contributed by atoms with Gasteiger partial charge in [0.25, 0.3) is 11.8 Å². The van der Waals surface area contributed by atoms with E-state index < -0.39 is 5.91 Å². The van der Waals surface area contributed by atoms with Crippen LogP contribution in [0.3, 0.4) is 0 Å². The number of nitrogens with zero attached hydrogens (tertiary/aromatic N) is 1. The second-order valence-electron chi connectivity index (χ2n) is 5.28. The van der Waals surface area contributed by atoms with Gasteiger partial charge in [-0.05, 0) is 23.6 Å². The van der Waals surface area contributed by atoms with Crippen molar-refractivity contribution < 1.29 is 23.5 Å². The van der Waals surface area contributed by atoms with Crippen molar-refractivity contribution in [3.63, 3.8) is 0 Å². The highest BCUT2D eigenvalue weighted by Crippen LogP contribution is 2.32. The summed E-state index contributed by atoms with van der Waals surface area (Å²) in [6, 6.07) is 8.49. The van der Waals surface area contributed by atoms with Crippen molar-refractivity contribution in [2.24, 2.45) is 0 Å². The van der Waals surface area contributed by atoms with E-state index in [4.69, 9.17) is 13.9 Å². The van der Waals surface area contributed by atoms with Crippen molar-refractivity contribution >= 4 is 34.9 Å². The Kier molecular flexibility index (Phi) is 4.28. The van der Waals surface area contributed by atoms with Gasteiger partial charge in [0.15, 0.2) is 17.2 Å². The molecule has 0 saturated carbocycles. The van der Waals surface area contributed by atoms with Crippen LogP contribution in [-0.2, 0) is 0 Å². The van der Waals surface area contributed by atoms with Crippen LogP contribution in [0.25, 0.3) is 0 Å². The number of fused-ring (bicyclic) bond motifs is 1. The van der Waals surface area contributed by atoms with E-state index in [1.807, 2.05) is 0 Å². The van der Waals surface area contributed by atoms with E-state index in [1.54, 1.807) is 35.7 Å². The first kappa shape index (κ1) is 16.2. The number of amides is 2. The molecule has 3 aromatic rings. The van der Waals surface area contributed by atoms with Crippen LogP contribution < -0.4 is 20.1 Å². The van der Waals surface area contributed by atoms with Gasteiger partial charge in [-0.2, -0.15) is 4.98 Å². The summed E-state index contributed by atoms with van der Waals surface area (Å²) < 4.78 is 16.1. The van der Waals surface area contributed by atoms with Gasteiger partial charge in [0.05, 0.1) is 4.88 Å². The highest BCUT2D eigenvalue weighted by Gasteiger charge is 2.17. The summed E-state index contributed by atoms with van der Waals surface area (Å²) in [5.74, 6) is 0.384. The number of thiophene rings is 1. The molecular formula is C17H13N3O5S. The number of ether oxygens (including phenoxy) is 2. The lowest BCUT2D eigenvalue weighted by atomic mass is 10.2. The van der Waals surface area contributed by atoms with Gasteiger partial charge in [-0.3, -0.25) is 14.9 Å². The molecule has 0 radical (unpaired) electrons. The van der Waals surface area contributed by atoms with Crippen LogP contribution in [-0.4, -0.2) is 30.0 Å². The Hall–Kier alpha value is -3.33. The lowest BCUT2D eigenvalue weighted by molar-refractivity contribution is 0.101. The van der Waals surface area contributed by atoms with E-state index >= 15 is 0 Å². The molecule has 9 heteroatoms. The van der Waals surface area contributed by atoms with Gasteiger partial charge in [-0.1, -0.05) is 6.07 Å². The number of anilines is 2. The first-order valence-corrected chi connectivity index (χ1v) is 8.58. The SMILES string of the molecule is O=C(Nc1ccc2c(c1)OCCO2)c1coc(NC(=O)c2cccs2)n1. The normalized spacial score (nSPS) is 12.5. The first-order valence-electron chi connectivity index (χ1n) is 7.70. The predicted molar refractivity (Wildman–Crippen MR) is 94.2 cm³/mol. The molecule has 2 N–H and O–H groups in total. The Morgan fingerprint density at radius 2 is 1.88 bits per heavy atom. The second-order valence-corrected chi connectivity index (χ2v) is 6.23. The number of aromatic nitrogens is 1. The van der Waals surface area contributed by atoms with Gasteiger partial charge in [-0.25, -0.2) is 0 Å². The Morgan fingerprint density at radius 3 is 2.69 bits per heavy atom. The van der Waals surface area contributed by atoms with Crippen LogP contribution >= 0.6 is 11.3 Å². The highest BCUT2D eigenvalue weighted by molar-refractivity contribution is 7.12. The van der Waals surface area contributed by atoms with Gasteiger partial charge in [0, 0.05) is 11.8 Å². The fourth-order valence-electron chi connectivity index (χ4n) is 2.32. The summed E-state index contributed by atoms with van der Waals surface area (Å²) in [7, 11) is 0. The topological polar surface area (TPSA) is 103 Å². The highest BCUT2D eigenvalue weighted by atomic mass is 32.1. The minimum atomic E-state index is -0.470. The van der Waals surface area contributed by atoms with Crippen LogP contribution in [0.15, 0.2) is 46.4 Å². The minimum absolute atomic E-state index is 0.0429. The van der Waals surface area contributed by atoms with E-state index in [1.165, 1.54) is 17.6 Å². The quantitative estimate of drug-likeness (QED) is 0.731. The molecule has 8 nitrogen and oxygen atoms in total. The minimum Gasteiger partial charge on any atom is -0.486 e. The van der Waals surface area contributed by atoms with E-state index in [9.17, 15) is 9.59 Å². The Labute approximate surface area is 151 Å². The number of rotatable bonds is 4. The molecule has 1 aromatic carbocycles. The summed E-state index contributed by atoms with van der Waals surface area (Å²) in [5, 5.41) is 6.98. The van der Waals surface area contributed by atoms with E-state index in [0.717, 1.165) is 0 Å². The summed E-state index contributed by atoms with van der Waals surface area (Å²) in [6.07, 6.45) is 1.18. The standard InChI is InChI=1S/C17H13N3O5S/c21-15(18-10-3-4-12-13(8-10)24-6-5-23-12)11-9-25-17(19-11)20-16(22)14-2-1-7-26-14/h1-4,7-9H,5-6H2,(H,18,21)(H,19,20,22). The number of benzene rings is 1. The average Bonchev–Trinajstić information content (AvgIpc) is 3.33. The third-order valence-corrected chi connectivity index (χ3v) is 4.37. The number of carbonyl (C=O) groups excluding carboxylic acids is 2. The third kappa shape index (κ3) is 3.38. The lowest BCUT2D eigenvalue weighted by Crippen LogP contribution is -2.16. The second kappa shape index (κ2) is 6.89.